The Bertz CT molecular complexity index is 604. The van der Waals surface area contributed by atoms with Crippen LogP contribution in [0.15, 0.2) is 0 Å². The van der Waals surface area contributed by atoms with Crippen molar-refractivity contribution in [3.05, 3.63) is 0 Å². The van der Waals surface area contributed by atoms with Gasteiger partial charge in [-0.1, -0.05) is 0 Å². The number of carbonyl (C=O) groups is 3. The second-order valence-corrected chi connectivity index (χ2v) is 8.33. The second-order valence-electron chi connectivity index (χ2n) is 8.33. The molecular weight excluding hydrogens is 393 g/mol. The van der Waals surface area contributed by atoms with Gasteiger partial charge < -0.3 is 20.2 Å². The lowest BCUT2D eigenvalue weighted by Gasteiger charge is -2.45. The highest BCUT2D eigenvalue weighted by Gasteiger charge is 2.49. The first-order chi connectivity index (χ1) is 13.2. The van der Waals surface area contributed by atoms with E-state index in [2.05, 4.69) is 24.1 Å². The van der Waals surface area contributed by atoms with Gasteiger partial charge in [-0.05, 0) is 45.6 Å². The number of halogens is 3. The molecule has 0 aromatic rings. The smallest absolute Gasteiger partial charge is 0.475 e. The topological polar surface area (TPSA) is 93.2 Å². The van der Waals surface area contributed by atoms with Crippen LogP contribution in [0, 0.1) is 5.41 Å². The van der Waals surface area contributed by atoms with E-state index in [1.807, 2.05) is 11.9 Å². The summed E-state index contributed by atoms with van der Waals surface area (Å²) in [4.78, 5) is 38.5. The third-order valence-electron chi connectivity index (χ3n) is 5.39. The Balaban J connectivity index is 0.000000516. The molecular formula is C18H31F3N4O4. The minimum absolute atomic E-state index is 0.0238. The van der Waals surface area contributed by atoms with Crippen molar-refractivity contribution in [2.45, 2.75) is 51.4 Å². The van der Waals surface area contributed by atoms with Crippen LogP contribution in [0.4, 0.5) is 18.0 Å². The Morgan fingerprint density at radius 3 is 2.14 bits per heavy atom. The fourth-order valence-corrected chi connectivity index (χ4v) is 3.37. The molecule has 0 bridgehead atoms. The van der Waals surface area contributed by atoms with E-state index in [9.17, 15) is 22.8 Å². The zero-order valence-corrected chi connectivity index (χ0v) is 17.5. The number of urea groups is 1. The SMILES string of the molecule is CC(C)N(C)CC(=O)N1CCC2(CC(NC(=O)N(C)C)C2)C1.O=C(O)C(F)(F)F. The molecule has 1 aliphatic carbocycles. The summed E-state index contributed by atoms with van der Waals surface area (Å²) in [6, 6.07) is 0.627. The number of carboxylic acid groups (broad SMARTS) is 1. The second kappa shape index (κ2) is 9.64. The molecule has 1 aliphatic heterocycles. The van der Waals surface area contributed by atoms with Crippen LogP contribution in [0.1, 0.15) is 33.1 Å². The molecule has 8 nitrogen and oxygen atoms in total. The predicted molar refractivity (Wildman–Crippen MR) is 100 cm³/mol. The lowest BCUT2D eigenvalue weighted by molar-refractivity contribution is -0.192. The maximum Gasteiger partial charge on any atom is 0.490 e. The van der Waals surface area contributed by atoms with Gasteiger partial charge >= 0.3 is 18.2 Å². The number of hydrogen-bond acceptors (Lipinski definition) is 4. The molecule has 1 saturated heterocycles. The van der Waals surface area contributed by atoms with Crippen molar-refractivity contribution in [2.24, 2.45) is 5.41 Å². The molecule has 0 unspecified atom stereocenters. The average Bonchev–Trinajstić information content (AvgIpc) is 2.99. The van der Waals surface area contributed by atoms with Gasteiger partial charge in [0.2, 0.25) is 5.91 Å². The number of nitrogens with one attached hydrogen (secondary N) is 1. The number of nitrogens with zero attached hydrogens (tertiary/aromatic N) is 3. The molecule has 11 heteroatoms. The molecule has 2 fully saturated rings. The molecule has 2 N–H and O–H groups in total. The molecule has 0 aromatic carbocycles. The highest BCUT2D eigenvalue weighted by atomic mass is 19.4. The number of likely N-dealkylation sites (tertiary alicyclic amines) is 1. The van der Waals surface area contributed by atoms with Crippen LogP contribution in [-0.2, 0) is 9.59 Å². The van der Waals surface area contributed by atoms with Gasteiger partial charge in [0.05, 0.1) is 6.54 Å². The average molecular weight is 424 g/mol. The summed E-state index contributed by atoms with van der Waals surface area (Å²) in [6.45, 7) is 6.41. The number of hydrogen-bond donors (Lipinski definition) is 2. The molecule has 0 radical (unpaired) electrons. The van der Waals surface area contributed by atoms with Gasteiger partial charge in [-0.2, -0.15) is 13.2 Å². The zero-order chi connectivity index (χ0) is 22.6. The number of likely N-dealkylation sites (N-methyl/N-ethyl adjacent to an activating group) is 1. The Hall–Kier alpha value is -2.04. The van der Waals surface area contributed by atoms with Gasteiger partial charge in [-0.3, -0.25) is 9.69 Å². The lowest BCUT2D eigenvalue weighted by Crippen LogP contribution is -2.54. The van der Waals surface area contributed by atoms with Crippen LogP contribution in [-0.4, -0.2) is 96.8 Å². The molecule has 0 atom stereocenters. The Labute approximate surface area is 169 Å². The number of amides is 3. The fraction of sp³-hybridized carbons (Fsp3) is 0.833. The third-order valence-corrected chi connectivity index (χ3v) is 5.39. The third kappa shape index (κ3) is 7.37. The molecule has 2 aliphatic rings. The minimum Gasteiger partial charge on any atom is -0.475 e. The van der Waals surface area contributed by atoms with Gasteiger partial charge in [0, 0.05) is 39.3 Å². The van der Waals surface area contributed by atoms with E-state index in [0.717, 1.165) is 32.4 Å². The maximum absolute atomic E-state index is 12.3. The van der Waals surface area contributed by atoms with E-state index in [4.69, 9.17) is 9.90 Å². The highest BCUT2D eigenvalue weighted by Crippen LogP contribution is 2.48. The summed E-state index contributed by atoms with van der Waals surface area (Å²) < 4.78 is 31.7. The Morgan fingerprint density at radius 1 is 1.21 bits per heavy atom. The number of alkyl halides is 3. The number of carbonyl (C=O) groups excluding carboxylic acids is 2. The molecule has 3 amide bonds. The largest absolute Gasteiger partial charge is 0.490 e. The molecule has 1 heterocycles. The van der Waals surface area contributed by atoms with E-state index >= 15 is 0 Å². The molecule has 2 rings (SSSR count). The van der Waals surface area contributed by atoms with Gasteiger partial charge in [0.15, 0.2) is 0 Å². The quantitative estimate of drug-likeness (QED) is 0.715. The van der Waals surface area contributed by atoms with Gasteiger partial charge in [-0.15, -0.1) is 0 Å². The van der Waals surface area contributed by atoms with Crippen LogP contribution in [0.5, 0.6) is 0 Å². The van der Waals surface area contributed by atoms with Crippen molar-refractivity contribution in [1.82, 2.24) is 20.0 Å². The van der Waals surface area contributed by atoms with E-state index in [1.165, 1.54) is 0 Å². The van der Waals surface area contributed by atoms with Crippen molar-refractivity contribution in [3.8, 4) is 0 Å². The van der Waals surface area contributed by atoms with Crippen molar-refractivity contribution >= 4 is 17.9 Å². The number of aliphatic carboxylic acids is 1. The standard InChI is InChI=1S/C16H30N4O2.C2HF3O2/c1-12(2)19(5)10-14(21)20-7-6-16(11-20)8-13(9-16)17-15(22)18(3)4;3-2(4,5)1(6)7/h12-13H,6-11H2,1-5H3,(H,17,22);(H,6,7). The molecule has 1 spiro atoms. The van der Waals surface area contributed by atoms with Crippen molar-refractivity contribution in [1.29, 1.82) is 0 Å². The highest BCUT2D eigenvalue weighted by molar-refractivity contribution is 5.78. The molecule has 0 aromatic heterocycles. The predicted octanol–water partition coefficient (Wildman–Crippen LogP) is 1.61. The first-order valence-electron chi connectivity index (χ1n) is 9.43. The summed E-state index contributed by atoms with van der Waals surface area (Å²) in [5, 5.41) is 10.2. The van der Waals surface area contributed by atoms with Crippen molar-refractivity contribution in [2.75, 3.05) is 40.8 Å². The van der Waals surface area contributed by atoms with Crippen LogP contribution in [0.25, 0.3) is 0 Å². The Kier molecular flexibility index (Phi) is 8.31. The number of carboxylic acids is 1. The van der Waals surface area contributed by atoms with E-state index in [-0.39, 0.29) is 23.4 Å². The van der Waals surface area contributed by atoms with Gasteiger partial charge in [-0.25, -0.2) is 9.59 Å². The fourth-order valence-electron chi connectivity index (χ4n) is 3.37. The van der Waals surface area contributed by atoms with Gasteiger partial charge in [0.25, 0.3) is 0 Å². The molecule has 168 valence electrons. The normalized spacial score (nSPS) is 23.5. The molecule has 1 saturated carbocycles. The summed E-state index contributed by atoms with van der Waals surface area (Å²) in [5.41, 5.74) is 0.246. The zero-order valence-electron chi connectivity index (χ0n) is 17.5. The Morgan fingerprint density at radius 2 is 1.72 bits per heavy atom. The monoisotopic (exact) mass is 424 g/mol. The van der Waals surface area contributed by atoms with Gasteiger partial charge in [0.1, 0.15) is 0 Å². The van der Waals surface area contributed by atoms with Crippen LogP contribution >= 0.6 is 0 Å². The van der Waals surface area contributed by atoms with Crippen molar-refractivity contribution in [3.63, 3.8) is 0 Å². The maximum atomic E-state index is 12.3. The summed E-state index contributed by atoms with van der Waals surface area (Å²) in [5.74, 6) is -2.53. The van der Waals surface area contributed by atoms with E-state index < -0.39 is 12.1 Å². The summed E-state index contributed by atoms with van der Waals surface area (Å²) >= 11 is 0. The van der Waals surface area contributed by atoms with Crippen molar-refractivity contribution < 1.29 is 32.7 Å². The summed E-state index contributed by atoms with van der Waals surface area (Å²) in [7, 11) is 5.50. The van der Waals surface area contributed by atoms with E-state index in [1.54, 1.807) is 19.0 Å². The molecule has 29 heavy (non-hydrogen) atoms. The van der Waals surface area contributed by atoms with Crippen LogP contribution in [0.3, 0.4) is 0 Å². The van der Waals surface area contributed by atoms with Crippen LogP contribution < -0.4 is 5.32 Å². The minimum atomic E-state index is -5.08. The van der Waals surface area contributed by atoms with Crippen LogP contribution in [0.2, 0.25) is 0 Å². The number of rotatable bonds is 4. The first kappa shape index (κ1) is 25.0. The summed E-state index contributed by atoms with van der Waals surface area (Å²) in [6.07, 6.45) is -2.02. The van der Waals surface area contributed by atoms with E-state index in [0.29, 0.717) is 12.6 Å². The first-order valence-corrected chi connectivity index (χ1v) is 9.43. The lowest BCUT2D eigenvalue weighted by atomic mass is 9.65.